The lowest BCUT2D eigenvalue weighted by Crippen LogP contribution is -2.41. The van der Waals surface area contributed by atoms with Crippen molar-refractivity contribution < 1.29 is 9.84 Å². The normalized spacial score (nSPS) is 39.8. The predicted molar refractivity (Wildman–Crippen MR) is 88.1 cm³/mol. The number of benzene rings is 1. The van der Waals surface area contributed by atoms with E-state index in [-0.39, 0.29) is 6.10 Å². The van der Waals surface area contributed by atoms with Crippen molar-refractivity contribution in [2.24, 2.45) is 17.3 Å². The summed E-state index contributed by atoms with van der Waals surface area (Å²) in [6.07, 6.45) is 8.86. The van der Waals surface area contributed by atoms with Crippen molar-refractivity contribution in [1.29, 1.82) is 0 Å². The van der Waals surface area contributed by atoms with E-state index in [1.165, 1.54) is 44.1 Å². The number of hydrogen-bond acceptors (Lipinski definition) is 2. The van der Waals surface area contributed by atoms with Gasteiger partial charge in [0.25, 0.3) is 0 Å². The molecule has 0 saturated heterocycles. The van der Waals surface area contributed by atoms with Crippen molar-refractivity contribution in [2.75, 3.05) is 7.11 Å². The molecule has 2 nitrogen and oxygen atoms in total. The molecule has 1 unspecified atom stereocenters. The van der Waals surface area contributed by atoms with E-state index >= 15 is 0 Å². The Labute approximate surface area is 133 Å². The van der Waals surface area contributed by atoms with E-state index in [0.29, 0.717) is 17.3 Å². The highest BCUT2D eigenvalue weighted by Crippen LogP contribution is 2.63. The first kappa shape index (κ1) is 14.6. The van der Waals surface area contributed by atoms with Gasteiger partial charge in [0.15, 0.2) is 0 Å². The molecule has 0 heterocycles. The lowest BCUT2D eigenvalue weighted by atomic mass is 9.54. The SMILES string of the molecule is CC[C@@]12CCC[C@H]1[C@@H]1CC(O)c3ccc(OC)cc3[C@H]1CC2. The summed E-state index contributed by atoms with van der Waals surface area (Å²) in [7, 11) is 1.73. The van der Waals surface area contributed by atoms with E-state index in [2.05, 4.69) is 19.1 Å². The molecule has 0 aliphatic heterocycles. The summed E-state index contributed by atoms with van der Waals surface area (Å²) in [5.41, 5.74) is 3.11. The van der Waals surface area contributed by atoms with E-state index < -0.39 is 0 Å². The molecule has 1 aromatic rings. The largest absolute Gasteiger partial charge is 0.497 e. The zero-order valence-corrected chi connectivity index (χ0v) is 13.8. The number of aliphatic hydroxyl groups excluding tert-OH is 1. The number of ether oxygens (including phenoxy) is 1. The standard InChI is InChI=1S/C20H28O2/c1-3-20-9-4-5-18(20)17-12-19(21)15-7-6-13(22-2)11-16(15)14(17)8-10-20/h6-7,11,14,17-19,21H,3-5,8-10,12H2,1-2H3/t14-,17-,18+,19?,20+/m1/s1. The zero-order valence-electron chi connectivity index (χ0n) is 13.8. The molecule has 0 radical (unpaired) electrons. The van der Waals surface area contributed by atoms with Crippen molar-refractivity contribution in [2.45, 2.75) is 63.9 Å². The van der Waals surface area contributed by atoms with Gasteiger partial charge in [-0.3, -0.25) is 0 Å². The van der Waals surface area contributed by atoms with Crippen LogP contribution < -0.4 is 4.74 Å². The molecule has 1 aromatic carbocycles. The van der Waals surface area contributed by atoms with Gasteiger partial charge in [0, 0.05) is 0 Å². The fourth-order valence-corrected chi connectivity index (χ4v) is 6.10. The fraction of sp³-hybridized carbons (Fsp3) is 0.700. The van der Waals surface area contributed by atoms with Crippen LogP contribution >= 0.6 is 0 Å². The molecule has 3 aliphatic rings. The topological polar surface area (TPSA) is 29.5 Å². The molecule has 5 atom stereocenters. The second kappa shape index (κ2) is 5.26. The molecule has 0 spiro atoms. The van der Waals surface area contributed by atoms with Gasteiger partial charge >= 0.3 is 0 Å². The lowest BCUT2D eigenvalue weighted by molar-refractivity contribution is 0.00606. The van der Waals surface area contributed by atoms with Gasteiger partial charge in [0.2, 0.25) is 0 Å². The number of rotatable bonds is 2. The highest BCUT2D eigenvalue weighted by Gasteiger charge is 2.52. The average molecular weight is 300 g/mol. The molecule has 22 heavy (non-hydrogen) atoms. The molecule has 3 aliphatic carbocycles. The molecule has 0 aromatic heterocycles. The van der Waals surface area contributed by atoms with Crippen LogP contribution in [-0.4, -0.2) is 12.2 Å². The fourth-order valence-electron chi connectivity index (χ4n) is 6.10. The molecular weight excluding hydrogens is 272 g/mol. The van der Waals surface area contributed by atoms with Gasteiger partial charge in [0.05, 0.1) is 13.2 Å². The second-order valence-corrected chi connectivity index (χ2v) is 7.77. The van der Waals surface area contributed by atoms with Gasteiger partial charge in [-0.05, 0) is 78.5 Å². The maximum atomic E-state index is 10.7. The first-order valence-corrected chi connectivity index (χ1v) is 9.04. The minimum atomic E-state index is -0.282. The van der Waals surface area contributed by atoms with Gasteiger partial charge in [-0.15, -0.1) is 0 Å². The molecule has 2 fully saturated rings. The van der Waals surface area contributed by atoms with Crippen LogP contribution in [0.5, 0.6) is 5.75 Å². The monoisotopic (exact) mass is 300 g/mol. The Kier molecular flexibility index (Phi) is 3.48. The van der Waals surface area contributed by atoms with Gasteiger partial charge in [-0.1, -0.05) is 25.8 Å². The summed E-state index contributed by atoms with van der Waals surface area (Å²) in [5.74, 6) is 3.07. The molecule has 2 heteroatoms. The van der Waals surface area contributed by atoms with E-state index in [0.717, 1.165) is 23.7 Å². The smallest absolute Gasteiger partial charge is 0.119 e. The summed E-state index contributed by atoms with van der Waals surface area (Å²) < 4.78 is 5.44. The maximum absolute atomic E-state index is 10.7. The summed E-state index contributed by atoms with van der Waals surface area (Å²) in [6.45, 7) is 2.38. The van der Waals surface area contributed by atoms with Crippen molar-refractivity contribution in [1.82, 2.24) is 0 Å². The van der Waals surface area contributed by atoms with Crippen LogP contribution in [0.1, 0.15) is 75.0 Å². The van der Waals surface area contributed by atoms with Crippen molar-refractivity contribution >= 4 is 0 Å². The summed E-state index contributed by atoms with van der Waals surface area (Å²) in [4.78, 5) is 0. The Morgan fingerprint density at radius 2 is 2.09 bits per heavy atom. The van der Waals surface area contributed by atoms with Gasteiger partial charge in [-0.25, -0.2) is 0 Å². The Bertz CT molecular complexity index is 567. The van der Waals surface area contributed by atoms with Crippen LogP contribution in [0, 0.1) is 17.3 Å². The average Bonchev–Trinajstić information content (AvgIpc) is 2.99. The third-order valence-electron chi connectivity index (χ3n) is 7.22. The summed E-state index contributed by atoms with van der Waals surface area (Å²) in [5, 5.41) is 10.7. The Balaban J connectivity index is 1.74. The quantitative estimate of drug-likeness (QED) is 0.848. The van der Waals surface area contributed by atoms with Crippen LogP contribution in [0.15, 0.2) is 18.2 Å². The second-order valence-electron chi connectivity index (χ2n) is 7.77. The first-order chi connectivity index (χ1) is 10.7. The zero-order chi connectivity index (χ0) is 15.3. The van der Waals surface area contributed by atoms with Gasteiger partial charge in [0.1, 0.15) is 5.75 Å². The Morgan fingerprint density at radius 3 is 2.86 bits per heavy atom. The van der Waals surface area contributed by atoms with Gasteiger partial charge in [-0.2, -0.15) is 0 Å². The molecular formula is C20H28O2. The molecule has 4 rings (SSSR count). The number of hydrogen-bond donors (Lipinski definition) is 1. The van der Waals surface area contributed by atoms with Crippen molar-refractivity contribution in [3.05, 3.63) is 29.3 Å². The van der Waals surface area contributed by atoms with Crippen LogP contribution in [0.3, 0.4) is 0 Å². The van der Waals surface area contributed by atoms with Crippen LogP contribution in [0.2, 0.25) is 0 Å². The minimum Gasteiger partial charge on any atom is -0.497 e. The van der Waals surface area contributed by atoms with E-state index in [4.69, 9.17) is 4.74 Å². The number of aliphatic hydroxyl groups is 1. The van der Waals surface area contributed by atoms with Gasteiger partial charge < -0.3 is 9.84 Å². The van der Waals surface area contributed by atoms with Crippen LogP contribution in [0.25, 0.3) is 0 Å². The predicted octanol–water partition coefficient (Wildman–Crippen LogP) is 4.82. The third-order valence-corrected chi connectivity index (χ3v) is 7.22. The highest BCUT2D eigenvalue weighted by molar-refractivity contribution is 5.42. The molecule has 2 saturated carbocycles. The number of fused-ring (bicyclic) bond motifs is 5. The molecule has 1 N–H and O–H groups in total. The third kappa shape index (κ3) is 1.96. The summed E-state index contributed by atoms with van der Waals surface area (Å²) >= 11 is 0. The first-order valence-electron chi connectivity index (χ1n) is 9.04. The minimum absolute atomic E-state index is 0.282. The Morgan fingerprint density at radius 1 is 1.23 bits per heavy atom. The molecule has 0 bridgehead atoms. The van der Waals surface area contributed by atoms with Crippen LogP contribution in [0.4, 0.5) is 0 Å². The Hall–Kier alpha value is -1.02. The van der Waals surface area contributed by atoms with E-state index in [1.807, 2.05) is 6.07 Å². The number of methoxy groups -OCH3 is 1. The lowest BCUT2D eigenvalue weighted by Gasteiger charge is -2.51. The van der Waals surface area contributed by atoms with Crippen molar-refractivity contribution in [3.63, 3.8) is 0 Å². The molecule has 0 amide bonds. The highest BCUT2D eigenvalue weighted by atomic mass is 16.5. The molecule has 120 valence electrons. The van der Waals surface area contributed by atoms with Crippen molar-refractivity contribution in [3.8, 4) is 5.75 Å². The van der Waals surface area contributed by atoms with Crippen LogP contribution in [-0.2, 0) is 0 Å². The summed E-state index contributed by atoms with van der Waals surface area (Å²) in [6, 6.07) is 6.28. The van der Waals surface area contributed by atoms with E-state index in [9.17, 15) is 5.11 Å². The van der Waals surface area contributed by atoms with E-state index in [1.54, 1.807) is 7.11 Å². The maximum Gasteiger partial charge on any atom is 0.119 e.